The van der Waals surface area contributed by atoms with Gasteiger partial charge in [-0.05, 0) is 36.8 Å². The van der Waals surface area contributed by atoms with Crippen molar-refractivity contribution < 1.29 is 9.47 Å². The zero-order valence-electron chi connectivity index (χ0n) is 13.7. The largest absolute Gasteiger partial charge is 0.344 e. The Kier molecular flexibility index (Phi) is 5.83. The van der Waals surface area contributed by atoms with Gasteiger partial charge in [0.05, 0.1) is 12.2 Å². The van der Waals surface area contributed by atoms with Crippen LogP contribution in [-0.2, 0) is 9.47 Å². The van der Waals surface area contributed by atoms with Crippen LogP contribution in [0.15, 0.2) is 60.7 Å². The molecule has 0 radical (unpaired) electrons. The van der Waals surface area contributed by atoms with Crippen molar-refractivity contribution in [2.24, 2.45) is 0 Å². The Morgan fingerprint density at radius 3 is 1.52 bits per heavy atom. The molecule has 0 amide bonds. The molecule has 1 fully saturated rings. The van der Waals surface area contributed by atoms with Crippen molar-refractivity contribution in [3.63, 3.8) is 0 Å². The number of benzene rings is 2. The maximum atomic E-state index is 6.16. The Balaban J connectivity index is 1.58. The van der Waals surface area contributed by atoms with Gasteiger partial charge < -0.3 is 9.47 Å². The lowest BCUT2D eigenvalue weighted by Crippen LogP contribution is -2.27. The van der Waals surface area contributed by atoms with Gasteiger partial charge in [0.1, 0.15) is 0 Å². The summed E-state index contributed by atoms with van der Waals surface area (Å²) in [6.45, 7) is 4.05. The van der Waals surface area contributed by atoms with Gasteiger partial charge in [0.25, 0.3) is 0 Å². The second-order valence-corrected chi connectivity index (χ2v) is 8.88. The molecule has 1 aliphatic heterocycles. The van der Waals surface area contributed by atoms with E-state index in [1.165, 1.54) is 10.6 Å². The van der Waals surface area contributed by atoms with Crippen LogP contribution in [0, 0.1) is 0 Å². The molecule has 23 heavy (non-hydrogen) atoms. The second kappa shape index (κ2) is 7.86. The van der Waals surface area contributed by atoms with Gasteiger partial charge in [-0.15, -0.1) is 0 Å². The van der Waals surface area contributed by atoms with E-state index >= 15 is 0 Å². The standard InChI is InChI=1S/C19H24O2P2/c1-19(2)20-17(13-22-15-9-5-3-6-10-15)18(21-19)14-23-16-11-7-4-8-12-16/h3-12,17-18,22-23H,13-14H2,1-2H3. The molecule has 0 bridgehead atoms. The van der Waals surface area contributed by atoms with E-state index in [0.717, 1.165) is 29.5 Å². The van der Waals surface area contributed by atoms with Crippen LogP contribution in [0.1, 0.15) is 13.8 Å². The molecule has 1 saturated heterocycles. The minimum atomic E-state index is -0.461. The highest BCUT2D eigenvalue weighted by Crippen LogP contribution is 2.34. The van der Waals surface area contributed by atoms with Gasteiger partial charge in [-0.1, -0.05) is 77.8 Å². The summed E-state index contributed by atoms with van der Waals surface area (Å²) in [5.41, 5.74) is 0. The number of hydrogen-bond donors (Lipinski definition) is 0. The molecule has 1 aliphatic rings. The lowest BCUT2D eigenvalue weighted by molar-refractivity contribution is -0.142. The normalized spacial score (nSPS) is 24.1. The maximum absolute atomic E-state index is 6.16. The average Bonchev–Trinajstić information content (AvgIpc) is 2.87. The Morgan fingerprint density at radius 1 is 0.739 bits per heavy atom. The highest BCUT2D eigenvalue weighted by Gasteiger charge is 2.40. The highest BCUT2D eigenvalue weighted by molar-refractivity contribution is 7.47. The van der Waals surface area contributed by atoms with Crippen LogP contribution in [0.4, 0.5) is 0 Å². The molecule has 4 heteroatoms. The molecule has 122 valence electrons. The molecule has 2 aromatic carbocycles. The van der Waals surface area contributed by atoms with Crippen molar-refractivity contribution in [3.8, 4) is 0 Å². The molecule has 0 aliphatic carbocycles. The zero-order chi connectivity index (χ0) is 16.1. The van der Waals surface area contributed by atoms with Crippen LogP contribution < -0.4 is 10.6 Å². The lowest BCUT2D eigenvalue weighted by Gasteiger charge is -2.16. The summed E-state index contributed by atoms with van der Waals surface area (Å²) in [4.78, 5) is 0. The Labute approximate surface area is 142 Å². The molecule has 0 aromatic heterocycles. The van der Waals surface area contributed by atoms with E-state index in [1.54, 1.807) is 0 Å². The van der Waals surface area contributed by atoms with Crippen molar-refractivity contribution in [2.45, 2.75) is 31.8 Å². The molecule has 0 saturated carbocycles. The second-order valence-electron chi connectivity index (χ2n) is 6.21. The van der Waals surface area contributed by atoms with Gasteiger partial charge in [-0.3, -0.25) is 0 Å². The van der Waals surface area contributed by atoms with Gasteiger partial charge in [0.2, 0.25) is 0 Å². The third-order valence-corrected chi connectivity index (χ3v) is 6.54. The van der Waals surface area contributed by atoms with Gasteiger partial charge in [-0.2, -0.15) is 0 Å². The first-order chi connectivity index (χ1) is 11.1. The van der Waals surface area contributed by atoms with Crippen LogP contribution in [-0.4, -0.2) is 30.3 Å². The lowest BCUT2D eigenvalue weighted by atomic mass is 10.3. The molecule has 0 spiro atoms. The Bertz CT molecular complexity index is 548. The molecular formula is C19H24O2P2. The van der Waals surface area contributed by atoms with E-state index in [-0.39, 0.29) is 12.2 Å². The third kappa shape index (κ3) is 5.10. The van der Waals surface area contributed by atoms with Crippen LogP contribution in [0.5, 0.6) is 0 Å². The predicted molar refractivity (Wildman–Crippen MR) is 102 cm³/mol. The van der Waals surface area contributed by atoms with Crippen molar-refractivity contribution in [2.75, 3.05) is 12.3 Å². The van der Waals surface area contributed by atoms with E-state index < -0.39 is 5.79 Å². The minimum Gasteiger partial charge on any atom is -0.344 e. The topological polar surface area (TPSA) is 18.5 Å². The third-order valence-electron chi connectivity index (χ3n) is 3.85. The summed E-state index contributed by atoms with van der Waals surface area (Å²) in [6.07, 6.45) is 2.47. The summed E-state index contributed by atoms with van der Waals surface area (Å²) in [6, 6.07) is 21.3. The first kappa shape index (κ1) is 17.1. The van der Waals surface area contributed by atoms with E-state index in [4.69, 9.17) is 9.47 Å². The summed E-state index contributed by atoms with van der Waals surface area (Å²) < 4.78 is 12.3. The molecular weight excluding hydrogens is 322 g/mol. The van der Waals surface area contributed by atoms with Crippen molar-refractivity contribution in [1.82, 2.24) is 0 Å². The van der Waals surface area contributed by atoms with Crippen LogP contribution in [0.2, 0.25) is 0 Å². The van der Waals surface area contributed by atoms with Gasteiger partial charge in [0.15, 0.2) is 5.79 Å². The summed E-state index contributed by atoms with van der Waals surface area (Å²) in [5, 5.41) is 2.79. The fourth-order valence-corrected chi connectivity index (χ4v) is 5.23. The average molecular weight is 346 g/mol. The van der Waals surface area contributed by atoms with Gasteiger partial charge in [0, 0.05) is 0 Å². The van der Waals surface area contributed by atoms with Crippen molar-refractivity contribution in [1.29, 1.82) is 0 Å². The molecule has 4 unspecified atom stereocenters. The molecule has 2 aromatic rings. The zero-order valence-corrected chi connectivity index (χ0v) is 15.7. The van der Waals surface area contributed by atoms with Crippen LogP contribution in [0.25, 0.3) is 0 Å². The quantitative estimate of drug-likeness (QED) is 0.745. The summed E-state index contributed by atoms with van der Waals surface area (Å²) >= 11 is 0. The number of ether oxygens (including phenoxy) is 2. The summed E-state index contributed by atoms with van der Waals surface area (Å²) in [5.74, 6) is -0.461. The predicted octanol–water partition coefficient (Wildman–Crippen LogP) is 3.51. The molecule has 4 atom stereocenters. The minimum absolute atomic E-state index is 0.194. The smallest absolute Gasteiger partial charge is 0.163 e. The van der Waals surface area contributed by atoms with Crippen LogP contribution in [0.3, 0.4) is 0 Å². The SMILES string of the molecule is CC1(C)OC(CPc2ccccc2)C(CPc2ccccc2)O1. The fourth-order valence-electron chi connectivity index (χ4n) is 2.80. The summed E-state index contributed by atoms with van der Waals surface area (Å²) in [7, 11) is 1.54. The van der Waals surface area contributed by atoms with E-state index in [9.17, 15) is 0 Å². The molecule has 3 rings (SSSR count). The fraction of sp³-hybridized carbons (Fsp3) is 0.368. The van der Waals surface area contributed by atoms with E-state index in [0.29, 0.717) is 0 Å². The van der Waals surface area contributed by atoms with Crippen LogP contribution >= 0.6 is 17.2 Å². The molecule has 1 heterocycles. The van der Waals surface area contributed by atoms with E-state index in [1.807, 2.05) is 13.8 Å². The first-order valence-electron chi connectivity index (χ1n) is 8.06. The Morgan fingerprint density at radius 2 is 1.13 bits per heavy atom. The van der Waals surface area contributed by atoms with E-state index in [2.05, 4.69) is 60.7 Å². The van der Waals surface area contributed by atoms with Crippen molar-refractivity contribution >= 4 is 27.8 Å². The highest BCUT2D eigenvalue weighted by atomic mass is 31.1. The van der Waals surface area contributed by atoms with Crippen molar-refractivity contribution in [3.05, 3.63) is 60.7 Å². The monoisotopic (exact) mass is 346 g/mol. The molecule has 2 nitrogen and oxygen atoms in total. The first-order valence-corrected chi connectivity index (χ1v) is 10.5. The van der Waals surface area contributed by atoms with Gasteiger partial charge >= 0.3 is 0 Å². The van der Waals surface area contributed by atoms with Gasteiger partial charge in [-0.25, -0.2) is 0 Å². The number of rotatable bonds is 6. The maximum Gasteiger partial charge on any atom is 0.163 e. The number of hydrogen-bond acceptors (Lipinski definition) is 2. The molecule has 0 N–H and O–H groups in total. The Hall–Kier alpha value is -0.780.